The summed E-state index contributed by atoms with van der Waals surface area (Å²) in [6, 6.07) is 82.9. The molecule has 10 aromatic carbocycles. The molecule has 0 saturated carbocycles. The van der Waals surface area contributed by atoms with E-state index < -0.39 is 5.41 Å². The van der Waals surface area contributed by atoms with Crippen LogP contribution in [0.3, 0.4) is 0 Å². The zero-order valence-electron chi connectivity index (χ0n) is 37.8. The van der Waals surface area contributed by atoms with Gasteiger partial charge in [-0.1, -0.05) is 176 Å². The molecular weight excluding hydrogens is 853 g/mol. The highest BCUT2D eigenvalue weighted by atomic mass is 16.5. The first-order chi connectivity index (χ1) is 34.7. The van der Waals surface area contributed by atoms with Gasteiger partial charge in [0, 0.05) is 44.3 Å². The van der Waals surface area contributed by atoms with Gasteiger partial charge in [-0.25, -0.2) is 15.0 Å². The van der Waals surface area contributed by atoms with Crippen molar-refractivity contribution >= 4 is 21.8 Å². The number of para-hydroxylation sites is 3. The molecule has 1 aliphatic heterocycles. The maximum Gasteiger partial charge on any atom is 0.164 e. The zero-order valence-corrected chi connectivity index (χ0v) is 37.8. The van der Waals surface area contributed by atoms with E-state index >= 15 is 0 Å². The van der Waals surface area contributed by atoms with E-state index in [0.29, 0.717) is 17.5 Å². The molecular formula is C65H40N4O. The van der Waals surface area contributed by atoms with Crippen LogP contribution in [-0.2, 0) is 11.8 Å². The van der Waals surface area contributed by atoms with E-state index in [2.05, 4.69) is 199 Å². The minimum Gasteiger partial charge on any atom is -0.457 e. The van der Waals surface area contributed by atoms with E-state index in [-0.39, 0.29) is 0 Å². The lowest BCUT2D eigenvalue weighted by atomic mass is 9.65. The van der Waals surface area contributed by atoms with E-state index in [1.807, 2.05) is 36.4 Å². The van der Waals surface area contributed by atoms with Gasteiger partial charge >= 0.3 is 0 Å². The molecule has 3 heterocycles. The highest BCUT2D eigenvalue weighted by Crippen LogP contribution is 2.63. The fourth-order valence-electron chi connectivity index (χ4n) is 11.9. The molecule has 326 valence electrons. The van der Waals surface area contributed by atoms with E-state index in [0.717, 1.165) is 62.6 Å². The maximum atomic E-state index is 6.83. The third-order valence-corrected chi connectivity index (χ3v) is 14.9. The van der Waals surface area contributed by atoms with Crippen LogP contribution in [0.25, 0.3) is 95.0 Å². The molecule has 2 aliphatic carbocycles. The van der Waals surface area contributed by atoms with Crippen LogP contribution in [0.4, 0.5) is 0 Å². The average Bonchev–Trinajstić information content (AvgIpc) is 4.06. The molecule has 3 aliphatic rings. The number of ether oxygens (including phenoxy) is 1. The lowest BCUT2D eigenvalue weighted by Gasteiger charge is -2.39. The van der Waals surface area contributed by atoms with Crippen molar-refractivity contribution in [1.29, 1.82) is 0 Å². The summed E-state index contributed by atoms with van der Waals surface area (Å²) in [4.78, 5) is 15.5. The van der Waals surface area contributed by atoms with Crippen LogP contribution < -0.4 is 4.74 Å². The molecule has 0 bridgehead atoms. The SMILES string of the molecule is c1ccc(-c2nc(-c3ccccc3)nc(-c3ccc4c(c3)C3(c5ccccc5Oc5ccccc53)c3cc(-c5cccc6c5c5cc7c(cc5n6-c5ccccc5)Cc5ccccc5-7)ccc3-4)n2)cc1. The molecule has 0 amide bonds. The van der Waals surface area contributed by atoms with Crippen LogP contribution in [0.15, 0.2) is 231 Å². The molecule has 0 fully saturated rings. The van der Waals surface area contributed by atoms with Crippen LogP contribution in [-0.4, -0.2) is 19.5 Å². The number of aromatic nitrogens is 4. The highest BCUT2D eigenvalue weighted by molar-refractivity contribution is 6.17. The molecule has 1 spiro atoms. The molecule has 15 rings (SSSR count). The minimum atomic E-state index is -0.740. The van der Waals surface area contributed by atoms with Gasteiger partial charge in [0.25, 0.3) is 0 Å². The second-order valence-electron chi connectivity index (χ2n) is 18.6. The first kappa shape index (κ1) is 38.9. The summed E-state index contributed by atoms with van der Waals surface area (Å²) in [6.45, 7) is 0. The molecule has 70 heavy (non-hydrogen) atoms. The Morgan fingerprint density at radius 2 is 0.900 bits per heavy atom. The topological polar surface area (TPSA) is 52.8 Å². The normalized spacial score (nSPS) is 13.3. The van der Waals surface area contributed by atoms with E-state index in [1.54, 1.807) is 0 Å². The fourth-order valence-corrected chi connectivity index (χ4v) is 11.9. The van der Waals surface area contributed by atoms with E-state index in [4.69, 9.17) is 19.7 Å². The lowest BCUT2D eigenvalue weighted by Crippen LogP contribution is -2.32. The number of benzene rings is 10. The smallest absolute Gasteiger partial charge is 0.164 e. The third-order valence-electron chi connectivity index (χ3n) is 14.9. The summed E-state index contributed by atoms with van der Waals surface area (Å²) < 4.78 is 9.29. The van der Waals surface area contributed by atoms with Crippen LogP contribution >= 0.6 is 0 Å². The van der Waals surface area contributed by atoms with Crippen molar-refractivity contribution in [3.63, 3.8) is 0 Å². The number of hydrogen-bond donors (Lipinski definition) is 0. The Morgan fingerprint density at radius 3 is 1.57 bits per heavy atom. The van der Waals surface area contributed by atoms with Gasteiger partial charge in [0.15, 0.2) is 17.5 Å². The number of nitrogens with zero attached hydrogens (tertiary/aromatic N) is 4. The van der Waals surface area contributed by atoms with Gasteiger partial charge in [-0.15, -0.1) is 0 Å². The summed E-state index contributed by atoms with van der Waals surface area (Å²) in [5.74, 6) is 3.57. The third kappa shape index (κ3) is 5.57. The van der Waals surface area contributed by atoms with E-state index in [9.17, 15) is 0 Å². The Hall–Kier alpha value is -9.19. The summed E-state index contributed by atoms with van der Waals surface area (Å²) in [5.41, 5.74) is 20.3. The van der Waals surface area contributed by atoms with Crippen molar-refractivity contribution in [2.75, 3.05) is 0 Å². The highest BCUT2D eigenvalue weighted by Gasteiger charge is 2.51. The summed E-state index contributed by atoms with van der Waals surface area (Å²) in [7, 11) is 0. The van der Waals surface area contributed by atoms with Crippen molar-refractivity contribution < 1.29 is 4.74 Å². The Balaban J connectivity index is 0.989. The first-order valence-corrected chi connectivity index (χ1v) is 24.0. The predicted molar refractivity (Wildman–Crippen MR) is 282 cm³/mol. The summed E-state index contributed by atoms with van der Waals surface area (Å²) >= 11 is 0. The van der Waals surface area contributed by atoms with Crippen molar-refractivity contribution in [1.82, 2.24) is 19.5 Å². The Kier molecular flexibility index (Phi) is 8.28. The molecule has 0 radical (unpaired) electrons. The molecule has 0 atom stereocenters. The molecule has 0 saturated heterocycles. The average molecular weight is 893 g/mol. The molecule has 2 aromatic heterocycles. The van der Waals surface area contributed by atoms with Gasteiger partial charge in [0.2, 0.25) is 0 Å². The zero-order chi connectivity index (χ0) is 45.9. The fraction of sp³-hybridized carbons (Fsp3) is 0.0308. The van der Waals surface area contributed by atoms with Crippen LogP contribution in [0.2, 0.25) is 0 Å². The van der Waals surface area contributed by atoms with Crippen molar-refractivity contribution in [3.8, 4) is 84.7 Å². The lowest BCUT2D eigenvalue weighted by molar-refractivity contribution is 0.436. The number of rotatable bonds is 5. The molecule has 0 N–H and O–H groups in total. The first-order valence-electron chi connectivity index (χ1n) is 24.0. The molecule has 12 aromatic rings. The van der Waals surface area contributed by atoms with Gasteiger partial charge in [-0.05, 0) is 117 Å². The quantitative estimate of drug-likeness (QED) is 0.173. The standard InChI is InChI=1S/C65H40N4O/c1-4-17-40(18-5-1)62-66-63(41-19-6-2-7-20-41)68-64(67-62)44-32-34-50-49-33-31-43(36-55(49)65(56(50)37-44)53-26-12-14-29-59(53)70-60-30-15-13-27-54(60)65)48-25-16-28-57-61(48)52-39-51-45(35-42-21-10-11-24-47(42)51)38-58(52)69(57)46-22-8-3-9-23-46/h1-34,36-39H,35H2. The van der Waals surface area contributed by atoms with Gasteiger partial charge in [0.05, 0.1) is 16.4 Å². The number of fused-ring (bicyclic) bond motifs is 15. The van der Waals surface area contributed by atoms with Crippen molar-refractivity contribution in [3.05, 3.63) is 264 Å². The van der Waals surface area contributed by atoms with E-state index in [1.165, 1.54) is 66.3 Å². The van der Waals surface area contributed by atoms with Gasteiger partial charge in [0.1, 0.15) is 11.5 Å². The largest absolute Gasteiger partial charge is 0.457 e. The monoisotopic (exact) mass is 892 g/mol. The minimum absolute atomic E-state index is 0.617. The van der Waals surface area contributed by atoms with Gasteiger partial charge in [-0.2, -0.15) is 0 Å². The maximum absolute atomic E-state index is 6.83. The Labute approximate surface area is 404 Å². The molecule has 5 heteroatoms. The molecule has 0 unspecified atom stereocenters. The van der Waals surface area contributed by atoms with Crippen molar-refractivity contribution in [2.24, 2.45) is 0 Å². The van der Waals surface area contributed by atoms with Crippen LogP contribution in [0.1, 0.15) is 33.4 Å². The van der Waals surface area contributed by atoms with Gasteiger partial charge < -0.3 is 9.30 Å². The Morgan fingerprint density at radius 1 is 0.357 bits per heavy atom. The molecule has 5 nitrogen and oxygen atoms in total. The second-order valence-corrected chi connectivity index (χ2v) is 18.6. The summed E-state index contributed by atoms with van der Waals surface area (Å²) in [5, 5.41) is 2.49. The van der Waals surface area contributed by atoms with Crippen LogP contribution in [0.5, 0.6) is 11.5 Å². The predicted octanol–water partition coefficient (Wildman–Crippen LogP) is 15.7. The van der Waals surface area contributed by atoms with Gasteiger partial charge in [-0.3, -0.25) is 0 Å². The van der Waals surface area contributed by atoms with Crippen LogP contribution in [0, 0.1) is 0 Å². The summed E-state index contributed by atoms with van der Waals surface area (Å²) in [6.07, 6.45) is 0.933. The number of hydrogen-bond acceptors (Lipinski definition) is 4. The Bertz CT molecular complexity index is 4020. The van der Waals surface area contributed by atoms with Crippen molar-refractivity contribution in [2.45, 2.75) is 11.8 Å². The second kappa shape index (κ2) is 14.9.